The smallest absolute Gasteiger partial charge is 0.239 e. The molecule has 1 atom stereocenters. The molecule has 1 aliphatic heterocycles. The van der Waals surface area contributed by atoms with Crippen LogP contribution in [0.25, 0.3) is 0 Å². The van der Waals surface area contributed by atoms with Crippen molar-refractivity contribution in [1.29, 1.82) is 0 Å². The molecule has 1 saturated heterocycles. The molecule has 0 aliphatic carbocycles. The Morgan fingerprint density at radius 2 is 2.33 bits per heavy atom. The minimum atomic E-state index is -3.02. The number of ether oxygens (including phenoxy) is 1. The third-order valence-electron chi connectivity index (χ3n) is 2.01. The van der Waals surface area contributed by atoms with E-state index in [9.17, 15) is 13.2 Å². The molecule has 0 aromatic heterocycles. The number of carbonyl (C=O) groups excluding carboxylic acids is 1. The van der Waals surface area contributed by atoms with Gasteiger partial charge >= 0.3 is 0 Å². The monoisotopic (exact) mass is 236 g/mol. The highest BCUT2D eigenvalue weighted by Crippen LogP contribution is 1.92. The number of amides is 1. The second-order valence-corrected chi connectivity index (χ2v) is 5.76. The van der Waals surface area contributed by atoms with Gasteiger partial charge < -0.3 is 15.4 Å². The highest BCUT2D eigenvalue weighted by molar-refractivity contribution is 7.90. The van der Waals surface area contributed by atoms with Crippen LogP contribution in [0.2, 0.25) is 0 Å². The number of hydrogen-bond donors (Lipinski definition) is 2. The van der Waals surface area contributed by atoms with Crippen LogP contribution in [0.15, 0.2) is 0 Å². The Labute approximate surface area is 89.3 Å². The Morgan fingerprint density at radius 3 is 2.87 bits per heavy atom. The molecule has 7 heteroatoms. The van der Waals surface area contributed by atoms with Crippen molar-refractivity contribution in [3.63, 3.8) is 0 Å². The molecule has 2 N–H and O–H groups in total. The van der Waals surface area contributed by atoms with E-state index in [1.54, 1.807) is 0 Å². The highest BCUT2D eigenvalue weighted by atomic mass is 32.2. The molecule has 1 rings (SSSR count). The summed E-state index contributed by atoms with van der Waals surface area (Å²) in [5, 5.41) is 5.53. The lowest BCUT2D eigenvalue weighted by Gasteiger charge is -2.22. The Hall–Kier alpha value is -0.660. The van der Waals surface area contributed by atoms with Crippen molar-refractivity contribution < 1.29 is 17.9 Å². The summed E-state index contributed by atoms with van der Waals surface area (Å²) in [5.41, 5.74) is 0. The molecule has 0 radical (unpaired) electrons. The van der Waals surface area contributed by atoms with E-state index in [0.29, 0.717) is 19.8 Å². The van der Waals surface area contributed by atoms with Crippen LogP contribution in [0.1, 0.15) is 0 Å². The third-order valence-corrected chi connectivity index (χ3v) is 2.96. The van der Waals surface area contributed by atoms with Crippen molar-refractivity contribution in [2.75, 3.05) is 38.3 Å². The normalized spacial score (nSPS) is 22.3. The third kappa shape index (κ3) is 5.10. The summed E-state index contributed by atoms with van der Waals surface area (Å²) in [4.78, 5) is 11.4. The minimum absolute atomic E-state index is 0.0354. The van der Waals surface area contributed by atoms with Gasteiger partial charge in [-0.25, -0.2) is 8.42 Å². The zero-order chi connectivity index (χ0) is 11.3. The molecule has 1 heterocycles. The van der Waals surface area contributed by atoms with Gasteiger partial charge in [-0.2, -0.15) is 0 Å². The molecule has 0 aromatic carbocycles. The maximum absolute atomic E-state index is 11.4. The number of nitrogens with one attached hydrogen (secondary N) is 2. The molecule has 1 amide bonds. The molecule has 15 heavy (non-hydrogen) atoms. The van der Waals surface area contributed by atoms with Gasteiger partial charge in [-0.15, -0.1) is 0 Å². The first-order chi connectivity index (χ1) is 6.99. The molecule has 0 saturated carbocycles. The van der Waals surface area contributed by atoms with E-state index in [4.69, 9.17) is 4.74 Å². The summed E-state index contributed by atoms with van der Waals surface area (Å²) in [7, 11) is -3.02. The maximum Gasteiger partial charge on any atom is 0.239 e. The van der Waals surface area contributed by atoms with Crippen LogP contribution in [-0.4, -0.2) is 58.7 Å². The molecular weight excluding hydrogens is 220 g/mol. The summed E-state index contributed by atoms with van der Waals surface area (Å²) in [5.74, 6) is -0.245. The fourth-order valence-corrected chi connectivity index (χ4v) is 1.69. The Kier molecular flexibility index (Phi) is 4.49. The molecule has 0 aromatic rings. The van der Waals surface area contributed by atoms with Gasteiger partial charge in [-0.3, -0.25) is 4.79 Å². The van der Waals surface area contributed by atoms with E-state index in [-0.39, 0.29) is 24.2 Å². The van der Waals surface area contributed by atoms with E-state index in [1.165, 1.54) is 0 Å². The average Bonchev–Trinajstić information content (AvgIpc) is 2.17. The van der Waals surface area contributed by atoms with Crippen LogP contribution >= 0.6 is 0 Å². The van der Waals surface area contributed by atoms with Crippen LogP contribution in [0.5, 0.6) is 0 Å². The Balaban J connectivity index is 2.23. The van der Waals surface area contributed by atoms with Gasteiger partial charge in [-0.05, 0) is 0 Å². The van der Waals surface area contributed by atoms with Crippen LogP contribution in [0, 0.1) is 0 Å². The minimum Gasteiger partial charge on any atom is -0.378 e. The number of carbonyl (C=O) groups is 1. The van der Waals surface area contributed by atoms with E-state index in [2.05, 4.69) is 10.6 Å². The number of rotatable bonds is 4. The average molecular weight is 236 g/mol. The first-order valence-electron chi connectivity index (χ1n) is 4.75. The zero-order valence-electron chi connectivity index (χ0n) is 8.65. The predicted octanol–water partition coefficient (Wildman–Crippen LogP) is -1.86. The van der Waals surface area contributed by atoms with E-state index in [1.807, 2.05) is 0 Å². The number of sulfone groups is 1. The molecule has 1 unspecified atom stereocenters. The number of morpholine rings is 1. The van der Waals surface area contributed by atoms with Crippen LogP contribution in [-0.2, 0) is 19.4 Å². The van der Waals surface area contributed by atoms with Crippen LogP contribution in [0.4, 0.5) is 0 Å². The first kappa shape index (κ1) is 12.4. The quantitative estimate of drug-likeness (QED) is 0.598. The molecule has 88 valence electrons. The van der Waals surface area contributed by atoms with Crippen LogP contribution < -0.4 is 10.6 Å². The largest absolute Gasteiger partial charge is 0.378 e. The van der Waals surface area contributed by atoms with Crippen molar-refractivity contribution in [3.8, 4) is 0 Å². The lowest BCUT2D eigenvalue weighted by molar-refractivity contribution is -0.125. The highest BCUT2D eigenvalue weighted by Gasteiger charge is 2.20. The molecule has 0 spiro atoms. The first-order valence-corrected chi connectivity index (χ1v) is 6.81. The van der Waals surface area contributed by atoms with Crippen LogP contribution in [0.3, 0.4) is 0 Å². The van der Waals surface area contributed by atoms with Crippen molar-refractivity contribution in [3.05, 3.63) is 0 Å². The summed E-state index contributed by atoms with van der Waals surface area (Å²) in [6, 6.07) is -0.363. The lowest BCUT2D eigenvalue weighted by atomic mass is 10.2. The van der Waals surface area contributed by atoms with E-state index >= 15 is 0 Å². The SMILES string of the molecule is CS(=O)(=O)CCNC(=O)C1COCCN1. The van der Waals surface area contributed by atoms with Gasteiger partial charge in [0.2, 0.25) is 5.91 Å². The Bertz CT molecular complexity index is 309. The number of hydrogen-bond acceptors (Lipinski definition) is 5. The van der Waals surface area contributed by atoms with Crippen molar-refractivity contribution in [1.82, 2.24) is 10.6 Å². The zero-order valence-corrected chi connectivity index (χ0v) is 9.47. The van der Waals surface area contributed by atoms with Gasteiger partial charge in [0.1, 0.15) is 15.9 Å². The maximum atomic E-state index is 11.4. The second kappa shape index (κ2) is 5.43. The van der Waals surface area contributed by atoms with Gasteiger partial charge in [0.25, 0.3) is 0 Å². The second-order valence-electron chi connectivity index (χ2n) is 3.50. The molecule has 1 fully saturated rings. The lowest BCUT2D eigenvalue weighted by Crippen LogP contribution is -2.51. The van der Waals surface area contributed by atoms with Crippen molar-refractivity contribution >= 4 is 15.7 Å². The molecule has 1 aliphatic rings. The standard InChI is InChI=1S/C8H16N2O4S/c1-15(12,13)5-3-10-8(11)7-6-14-4-2-9-7/h7,9H,2-6H2,1H3,(H,10,11). The van der Waals surface area contributed by atoms with Crippen molar-refractivity contribution in [2.24, 2.45) is 0 Å². The predicted molar refractivity (Wildman–Crippen MR) is 55.3 cm³/mol. The molecule has 6 nitrogen and oxygen atoms in total. The Morgan fingerprint density at radius 1 is 1.60 bits per heavy atom. The van der Waals surface area contributed by atoms with Gasteiger partial charge in [-0.1, -0.05) is 0 Å². The van der Waals surface area contributed by atoms with E-state index in [0.717, 1.165) is 6.26 Å². The summed E-state index contributed by atoms with van der Waals surface area (Å²) in [6.45, 7) is 1.73. The molecular formula is C8H16N2O4S. The fraction of sp³-hybridized carbons (Fsp3) is 0.875. The topological polar surface area (TPSA) is 84.5 Å². The van der Waals surface area contributed by atoms with Crippen molar-refractivity contribution in [2.45, 2.75) is 6.04 Å². The van der Waals surface area contributed by atoms with Gasteiger partial charge in [0, 0.05) is 19.3 Å². The van der Waals surface area contributed by atoms with Gasteiger partial charge in [0.15, 0.2) is 0 Å². The fourth-order valence-electron chi connectivity index (χ4n) is 1.22. The molecule has 0 bridgehead atoms. The van der Waals surface area contributed by atoms with E-state index < -0.39 is 9.84 Å². The van der Waals surface area contributed by atoms with Gasteiger partial charge in [0.05, 0.1) is 19.0 Å². The summed E-state index contributed by atoms with van der Waals surface area (Å²) in [6.07, 6.45) is 1.14. The summed E-state index contributed by atoms with van der Waals surface area (Å²) >= 11 is 0. The summed E-state index contributed by atoms with van der Waals surface area (Å²) < 4.78 is 26.7.